The maximum atomic E-state index is 12.9. The Morgan fingerprint density at radius 3 is 3.06 bits per heavy atom. The maximum Gasteiger partial charge on any atom is 0.133 e. The lowest BCUT2D eigenvalue weighted by Crippen LogP contribution is -2.30. The molecule has 0 unspecified atom stereocenters. The van der Waals surface area contributed by atoms with E-state index in [0.29, 0.717) is 17.0 Å². The van der Waals surface area contributed by atoms with Gasteiger partial charge in [0.25, 0.3) is 0 Å². The van der Waals surface area contributed by atoms with Crippen LogP contribution in [0.25, 0.3) is 0 Å². The lowest BCUT2D eigenvalue weighted by molar-refractivity contribution is 0.253. The molecule has 1 aromatic carbocycles. The molecular formula is C13H17BrFNO. The Balaban J connectivity index is 1.77. The predicted octanol–water partition coefficient (Wildman–Crippen LogP) is 3.36. The molecule has 2 rings (SSSR count). The van der Waals surface area contributed by atoms with Crippen molar-refractivity contribution < 1.29 is 9.13 Å². The largest absolute Gasteiger partial charge is 0.492 e. The maximum absolute atomic E-state index is 12.9. The second kappa shape index (κ2) is 6.36. The van der Waals surface area contributed by atoms with Gasteiger partial charge in [0, 0.05) is 0 Å². The predicted molar refractivity (Wildman–Crippen MR) is 69.8 cm³/mol. The minimum Gasteiger partial charge on any atom is -0.492 e. The standard InChI is InChI=1S/C13H17BrFNO/c14-12-8-11(15)3-4-13(12)17-7-5-10-2-1-6-16-9-10/h3-4,8,10,16H,1-2,5-7,9H2/t10-/m0/s1. The van der Waals surface area contributed by atoms with Gasteiger partial charge in [-0.2, -0.15) is 0 Å². The van der Waals surface area contributed by atoms with Crippen molar-refractivity contribution in [2.75, 3.05) is 19.7 Å². The van der Waals surface area contributed by atoms with Gasteiger partial charge in [0.2, 0.25) is 0 Å². The highest BCUT2D eigenvalue weighted by molar-refractivity contribution is 9.10. The van der Waals surface area contributed by atoms with Crippen LogP contribution in [0.15, 0.2) is 22.7 Å². The Morgan fingerprint density at radius 2 is 2.35 bits per heavy atom. The summed E-state index contributed by atoms with van der Waals surface area (Å²) in [6.45, 7) is 2.92. The molecule has 0 radical (unpaired) electrons. The van der Waals surface area contributed by atoms with Crippen LogP contribution in [-0.2, 0) is 0 Å². The van der Waals surface area contributed by atoms with Gasteiger partial charge in [-0.3, -0.25) is 0 Å². The normalized spacial score (nSPS) is 20.2. The van der Waals surface area contributed by atoms with Crippen LogP contribution in [0.4, 0.5) is 4.39 Å². The van der Waals surface area contributed by atoms with E-state index in [1.165, 1.54) is 25.0 Å². The zero-order chi connectivity index (χ0) is 12.1. The first-order valence-corrected chi connectivity index (χ1v) is 6.83. The number of ether oxygens (including phenoxy) is 1. The van der Waals surface area contributed by atoms with Crippen molar-refractivity contribution in [1.29, 1.82) is 0 Å². The molecule has 0 spiro atoms. The van der Waals surface area contributed by atoms with Crippen LogP contribution in [-0.4, -0.2) is 19.7 Å². The van der Waals surface area contributed by atoms with Crippen molar-refractivity contribution in [2.45, 2.75) is 19.3 Å². The Kier molecular flexibility index (Phi) is 4.80. The minimum atomic E-state index is -0.249. The lowest BCUT2D eigenvalue weighted by atomic mass is 9.97. The number of piperidine rings is 1. The summed E-state index contributed by atoms with van der Waals surface area (Å²) >= 11 is 3.30. The second-order valence-electron chi connectivity index (χ2n) is 4.42. The van der Waals surface area contributed by atoms with Crippen LogP contribution < -0.4 is 10.1 Å². The van der Waals surface area contributed by atoms with Gasteiger partial charge < -0.3 is 10.1 Å². The van der Waals surface area contributed by atoms with Crippen LogP contribution in [0, 0.1) is 11.7 Å². The van der Waals surface area contributed by atoms with Crippen LogP contribution in [0.2, 0.25) is 0 Å². The van der Waals surface area contributed by atoms with Crippen molar-refractivity contribution in [3.8, 4) is 5.75 Å². The Morgan fingerprint density at radius 1 is 1.47 bits per heavy atom. The quantitative estimate of drug-likeness (QED) is 0.921. The van der Waals surface area contributed by atoms with Gasteiger partial charge in [-0.25, -0.2) is 4.39 Å². The van der Waals surface area contributed by atoms with Gasteiger partial charge >= 0.3 is 0 Å². The van der Waals surface area contributed by atoms with Crippen LogP contribution >= 0.6 is 15.9 Å². The minimum absolute atomic E-state index is 0.249. The summed E-state index contributed by atoms with van der Waals surface area (Å²) in [6, 6.07) is 4.51. The van der Waals surface area contributed by atoms with Crippen molar-refractivity contribution in [3.63, 3.8) is 0 Å². The number of hydrogen-bond acceptors (Lipinski definition) is 2. The van der Waals surface area contributed by atoms with Crippen molar-refractivity contribution in [1.82, 2.24) is 5.32 Å². The van der Waals surface area contributed by atoms with Crippen LogP contribution in [0.5, 0.6) is 5.75 Å². The molecule has 1 aliphatic rings. The molecule has 2 nitrogen and oxygen atoms in total. The summed E-state index contributed by atoms with van der Waals surface area (Å²) < 4.78 is 19.2. The van der Waals surface area contributed by atoms with E-state index in [0.717, 1.165) is 25.3 Å². The first-order chi connectivity index (χ1) is 8.25. The topological polar surface area (TPSA) is 21.3 Å². The molecular weight excluding hydrogens is 285 g/mol. The summed E-state index contributed by atoms with van der Waals surface area (Å²) in [5.41, 5.74) is 0. The van der Waals surface area contributed by atoms with E-state index < -0.39 is 0 Å². The zero-order valence-electron chi connectivity index (χ0n) is 9.72. The van der Waals surface area contributed by atoms with Crippen LogP contribution in [0.1, 0.15) is 19.3 Å². The van der Waals surface area contributed by atoms with Crippen molar-refractivity contribution in [3.05, 3.63) is 28.5 Å². The zero-order valence-corrected chi connectivity index (χ0v) is 11.3. The molecule has 0 aliphatic carbocycles. The van der Waals surface area contributed by atoms with E-state index in [1.807, 2.05) is 0 Å². The highest BCUT2D eigenvalue weighted by Crippen LogP contribution is 2.26. The molecule has 0 amide bonds. The third kappa shape index (κ3) is 3.96. The van der Waals surface area contributed by atoms with Gasteiger partial charge in [-0.15, -0.1) is 0 Å². The summed E-state index contributed by atoms with van der Waals surface area (Å²) in [6.07, 6.45) is 3.59. The van der Waals surface area contributed by atoms with E-state index in [2.05, 4.69) is 21.2 Å². The highest BCUT2D eigenvalue weighted by atomic mass is 79.9. The highest BCUT2D eigenvalue weighted by Gasteiger charge is 2.13. The van der Waals surface area contributed by atoms with E-state index in [-0.39, 0.29) is 5.82 Å². The summed E-state index contributed by atoms with van der Waals surface area (Å²) in [4.78, 5) is 0. The third-order valence-electron chi connectivity index (χ3n) is 3.08. The molecule has 94 valence electrons. The fourth-order valence-electron chi connectivity index (χ4n) is 2.10. The molecule has 1 saturated heterocycles. The molecule has 1 atom stereocenters. The SMILES string of the molecule is Fc1ccc(OCC[C@@H]2CCCNC2)c(Br)c1. The molecule has 17 heavy (non-hydrogen) atoms. The molecule has 1 heterocycles. The summed E-state index contributed by atoms with van der Waals surface area (Å²) in [5.74, 6) is 1.18. The monoisotopic (exact) mass is 301 g/mol. The van der Waals surface area contributed by atoms with Gasteiger partial charge in [0.15, 0.2) is 0 Å². The Bertz CT molecular complexity index is 366. The van der Waals surface area contributed by atoms with Crippen LogP contribution in [0.3, 0.4) is 0 Å². The molecule has 4 heteroatoms. The average Bonchev–Trinajstić information content (AvgIpc) is 2.33. The number of nitrogens with one attached hydrogen (secondary N) is 1. The Hall–Kier alpha value is -0.610. The number of rotatable bonds is 4. The van der Waals surface area contributed by atoms with Crippen molar-refractivity contribution >= 4 is 15.9 Å². The number of benzene rings is 1. The molecule has 1 aliphatic heterocycles. The Labute approximate surface area is 110 Å². The van der Waals surface area contributed by atoms with E-state index in [1.54, 1.807) is 6.07 Å². The van der Waals surface area contributed by atoms with Gasteiger partial charge in [0.05, 0.1) is 11.1 Å². The molecule has 0 aromatic heterocycles. The average molecular weight is 302 g/mol. The summed E-state index contributed by atoms with van der Waals surface area (Å²) in [5, 5.41) is 3.39. The van der Waals surface area contributed by atoms with Gasteiger partial charge in [-0.05, 0) is 72.4 Å². The smallest absolute Gasteiger partial charge is 0.133 e. The fraction of sp³-hybridized carbons (Fsp3) is 0.538. The fourth-order valence-corrected chi connectivity index (χ4v) is 2.56. The first kappa shape index (κ1) is 12.8. The molecule has 0 bridgehead atoms. The molecule has 0 saturated carbocycles. The lowest BCUT2D eigenvalue weighted by Gasteiger charge is -2.22. The third-order valence-corrected chi connectivity index (χ3v) is 3.70. The van der Waals surface area contributed by atoms with E-state index in [4.69, 9.17) is 4.74 Å². The first-order valence-electron chi connectivity index (χ1n) is 6.04. The molecule has 1 N–H and O–H groups in total. The van der Waals surface area contributed by atoms with E-state index >= 15 is 0 Å². The van der Waals surface area contributed by atoms with E-state index in [9.17, 15) is 4.39 Å². The summed E-state index contributed by atoms with van der Waals surface area (Å²) in [7, 11) is 0. The van der Waals surface area contributed by atoms with Gasteiger partial charge in [0.1, 0.15) is 11.6 Å². The molecule has 1 aromatic rings. The second-order valence-corrected chi connectivity index (χ2v) is 5.28. The number of hydrogen-bond donors (Lipinski definition) is 1. The number of halogens is 2. The van der Waals surface area contributed by atoms with Crippen molar-refractivity contribution in [2.24, 2.45) is 5.92 Å². The molecule has 1 fully saturated rings. The van der Waals surface area contributed by atoms with Gasteiger partial charge in [-0.1, -0.05) is 0 Å².